The average molecular weight is 322 g/mol. The van der Waals surface area contributed by atoms with Gasteiger partial charge in [0.2, 0.25) is 0 Å². The Morgan fingerprint density at radius 1 is 1.41 bits per heavy atom. The highest BCUT2D eigenvalue weighted by Gasteiger charge is 2.29. The number of urea groups is 1. The van der Waals surface area contributed by atoms with Crippen molar-refractivity contribution in [3.8, 4) is 0 Å². The van der Waals surface area contributed by atoms with Crippen LogP contribution in [0.15, 0.2) is 30.3 Å². The number of nitrogens with one attached hydrogen (secondary N) is 1. The minimum atomic E-state index is 0.0125. The van der Waals surface area contributed by atoms with Crippen molar-refractivity contribution in [3.63, 3.8) is 0 Å². The third kappa shape index (κ3) is 4.40. The molecule has 4 nitrogen and oxygen atoms in total. The van der Waals surface area contributed by atoms with E-state index in [0.717, 1.165) is 17.9 Å². The van der Waals surface area contributed by atoms with Crippen molar-refractivity contribution in [2.75, 3.05) is 25.4 Å². The van der Waals surface area contributed by atoms with Crippen LogP contribution in [0.3, 0.4) is 0 Å². The fraction of sp³-hybridized carbons (Fsp3) is 0.588. The van der Waals surface area contributed by atoms with E-state index in [-0.39, 0.29) is 24.6 Å². The van der Waals surface area contributed by atoms with Gasteiger partial charge in [-0.2, -0.15) is 11.8 Å². The monoisotopic (exact) mass is 322 g/mol. The van der Waals surface area contributed by atoms with E-state index in [9.17, 15) is 9.90 Å². The molecule has 1 saturated heterocycles. The molecule has 1 heterocycles. The summed E-state index contributed by atoms with van der Waals surface area (Å²) in [7, 11) is 0. The number of amides is 2. The maximum atomic E-state index is 12.4. The third-order valence-electron chi connectivity index (χ3n) is 4.39. The summed E-state index contributed by atoms with van der Waals surface area (Å²) in [5, 5.41) is 12.8. The second kappa shape index (κ2) is 8.44. The fourth-order valence-corrected chi connectivity index (χ4v) is 3.90. The standard InChI is InChI=1S/C17H26N2O2S/c1-13-14(2)22-11-9-19(13)17(21)18-12-16(8-10-20)15-6-4-3-5-7-15/h3-7,13-14,16,20H,8-12H2,1-2H3,(H,18,21). The van der Waals surface area contributed by atoms with Gasteiger partial charge in [-0.15, -0.1) is 0 Å². The second-order valence-electron chi connectivity index (χ2n) is 5.82. The van der Waals surface area contributed by atoms with Crippen LogP contribution < -0.4 is 5.32 Å². The second-order valence-corrected chi connectivity index (χ2v) is 7.30. The van der Waals surface area contributed by atoms with E-state index in [0.29, 0.717) is 18.2 Å². The predicted octanol–water partition coefficient (Wildman–Crippen LogP) is 2.69. The molecule has 1 aromatic rings. The summed E-state index contributed by atoms with van der Waals surface area (Å²) in [5.74, 6) is 1.15. The topological polar surface area (TPSA) is 52.6 Å². The molecule has 2 amide bonds. The van der Waals surface area contributed by atoms with Crippen LogP contribution in [0, 0.1) is 0 Å². The van der Waals surface area contributed by atoms with Crippen LogP contribution in [0.1, 0.15) is 31.7 Å². The first-order valence-corrected chi connectivity index (χ1v) is 9.00. The first-order chi connectivity index (χ1) is 10.6. The lowest BCUT2D eigenvalue weighted by atomic mass is 9.96. The van der Waals surface area contributed by atoms with Crippen molar-refractivity contribution in [3.05, 3.63) is 35.9 Å². The van der Waals surface area contributed by atoms with Crippen LogP contribution in [0.5, 0.6) is 0 Å². The zero-order valence-corrected chi connectivity index (χ0v) is 14.2. The lowest BCUT2D eigenvalue weighted by molar-refractivity contribution is 0.179. The zero-order chi connectivity index (χ0) is 15.9. The normalized spacial score (nSPS) is 23.1. The molecule has 0 spiro atoms. The lowest BCUT2D eigenvalue weighted by Gasteiger charge is -2.37. The van der Waals surface area contributed by atoms with Crippen molar-refractivity contribution >= 4 is 17.8 Å². The molecule has 1 aliphatic rings. The first kappa shape index (κ1) is 17.2. The Morgan fingerprint density at radius 2 is 2.14 bits per heavy atom. The molecule has 22 heavy (non-hydrogen) atoms. The van der Waals surface area contributed by atoms with Gasteiger partial charge in [0.05, 0.1) is 0 Å². The van der Waals surface area contributed by atoms with Crippen molar-refractivity contribution in [2.24, 2.45) is 0 Å². The minimum absolute atomic E-state index is 0.0125. The molecule has 2 rings (SSSR count). The van der Waals surface area contributed by atoms with Crippen molar-refractivity contribution in [1.82, 2.24) is 10.2 Å². The van der Waals surface area contributed by atoms with E-state index in [1.54, 1.807) is 0 Å². The number of hydrogen-bond acceptors (Lipinski definition) is 3. The summed E-state index contributed by atoms with van der Waals surface area (Å²) in [4.78, 5) is 14.4. The minimum Gasteiger partial charge on any atom is -0.396 e. The number of rotatable bonds is 5. The van der Waals surface area contributed by atoms with Crippen molar-refractivity contribution in [2.45, 2.75) is 37.5 Å². The van der Waals surface area contributed by atoms with Gasteiger partial charge < -0.3 is 15.3 Å². The number of hydrogen-bond donors (Lipinski definition) is 2. The molecule has 1 aromatic carbocycles. The van der Waals surface area contributed by atoms with Crippen LogP contribution in [-0.4, -0.2) is 52.8 Å². The number of nitrogens with zero attached hydrogens (tertiary/aromatic N) is 1. The quantitative estimate of drug-likeness (QED) is 0.876. The summed E-state index contributed by atoms with van der Waals surface area (Å²) in [6.07, 6.45) is 0.659. The van der Waals surface area contributed by atoms with E-state index >= 15 is 0 Å². The van der Waals surface area contributed by atoms with Gasteiger partial charge >= 0.3 is 6.03 Å². The molecule has 2 N–H and O–H groups in total. The van der Waals surface area contributed by atoms with Crippen molar-refractivity contribution < 1.29 is 9.90 Å². The van der Waals surface area contributed by atoms with Gasteiger partial charge in [-0.3, -0.25) is 0 Å². The Labute approximate surface area is 137 Å². The van der Waals surface area contributed by atoms with E-state index in [2.05, 4.69) is 31.3 Å². The molecule has 1 fully saturated rings. The van der Waals surface area contributed by atoms with Gasteiger partial charge in [-0.05, 0) is 18.9 Å². The Morgan fingerprint density at radius 3 is 2.82 bits per heavy atom. The lowest BCUT2D eigenvalue weighted by Crippen LogP contribution is -2.52. The Bertz CT molecular complexity index is 469. The molecular weight excluding hydrogens is 296 g/mol. The molecule has 122 valence electrons. The third-order valence-corrected chi connectivity index (χ3v) is 5.73. The van der Waals surface area contributed by atoms with Gasteiger partial charge in [0.15, 0.2) is 0 Å². The molecule has 0 radical (unpaired) electrons. The Kier molecular flexibility index (Phi) is 6.58. The number of aliphatic hydroxyl groups excluding tert-OH is 1. The summed E-state index contributed by atoms with van der Waals surface area (Å²) in [6.45, 7) is 5.78. The van der Waals surface area contributed by atoms with Gasteiger partial charge in [0, 0.05) is 42.7 Å². The molecule has 0 aliphatic carbocycles. The van der Waals surface area contributed by atoms with E-state index in [4.69, 9.17) is 0 Å². The first-order valence-electron chi connectivity index (χ1n) is 7.95. The molecule has 0 aromatic heterocycles. The number of aliphatic hydroxyl groups is 1. The maximum absolute atomic E-state index is 12.4. The SMILES string of the molecule is CC1SCCN(C(=O)NCC(CCO)c2ccccc2)C1C. The molecule has 0 bridgehead atoms. The summed E-state index contributed by atoms with van der Waals surface area (Å²) >= 11 is 1.92. The summed E-state index contributed by atoms with van der Waals surface area (Å²) in [5.41, 5.74) is 1.16. The number of carbonyl (C=O) groups is 1. The summed E-state index contributed by atoms with van der Waals surface area (Å²) in [6, 6.07) is 10.3. The molecular formula is C17H26N2O2S. The average Bonchev–Trinajstić information content (AvgIpc) is 2.54. The van der Waals surface area contributed by atoms with Crippen LogP contribution in [0.4, 0.5) is 4.79 Å². The zero-order valence-electron chi connectivity index (χ0n) is 13.4. The van der Waals surface area contributed by atoms with Gasteiger partial charge in [0.1, 0.15) is 0 Å². The number of benzene rings is 1. The van der Waals surface area contributed by atoms with Crippen LogP contribution in [0.25, 0.3) is 0 Å². The van der Waals surface area contributed by atoms with Gasteiger partial charge in [-0.1, -0.05) is 37.3 Å². The molecule has 0 saturated carbocycles. The molecule has 5 heteroatoms. The molecule has 1 aliphatic heterocycles. The van der Waals surface area contributed by atoms with E-state index < -0.39 is 0 Å². The van der Waals surface area contributed by atoms with Crippen LogP contribution >= 0.6 is 11.8 Å². The highest BCUT2D eigenvalue weighted by molar-refractivity contribution is 8.00. The highest BCUT2D eigenvalue weighted by atomic mass is 32.2. The molecule has 3 atom stereocenters. The van der Waals surface area contributed by atoms with E-state index in [1.807, 2.05) is 34.9 Å². The predicted molar refractivity (Wildman–Crippen MR) is 92.4 cm³/mol. The van der Waals surface area contributed by atoms with Gasteiger partial charge in [-0.25, -0.2) is 4.79 Å². The molecule has 3 unspecified atom stereocenters. The number of thioether (sulfide) groups is 1. The maximum Gasteiger partial charge on any atom is 0.317 e. The summed E-state index contributed by atoms with van der Waals surface area (Å²) < 4.78 is 0. The van der Waals surface area contributed by atoms with E-state index in [1.165, 1.54) is 0 Å². The van der Waals surface area contributed by atoms with Gasteiger partial charge in [0.25, 0.3) is 0 Å². The Balaban J connectivity index is 1.93. The Hall–Kier alpha value is -1.20. The fourth-order valence-electron chi connectivity index (χ4n) is 2.80. The smallest absolute Gasteiger partial charge is 0.317 e. The number of carbonyl (C=O) groups excluding carboxylic acids is 1. The highest BCUT2D eigenvalue weighted by Crippen LogP contribution is 2.24. The van der Waals surface area contributed by atoms with Crippen molar-refractivity contribution in [1.29, 1.82) is 0 Å². The largest absolute Gasteiger partial charge is 0.396 e. The van der Waals surface area contributed by atoms with Crippen LogP contribution in [-0.2, 0) is 0 Å². The van der Waals surface area contributed by atoms with Crippen LogP contribution in [0.2, 0.25) is 0 Å².